The van der Waals surface area contributed by atoms with E-state index in [1.54, 1.807) is 6.07 Å². The molecular formula is C27H36N4O5. The highest BCUT2D eigenvalue weighted by molar-refractivity contribution is 6.07. The van der Waals surface area contributed by atoms with Gasteiger partial charge in [-0.05, 0) is 70.4 Å². The molecule has 0 radical (unpaired) electrons. The first-order valence-electron chi connectivity index (χ1n) is 12.7. The summed E-state index contributed by atoms with van der Waals surface area (Å²) in [5.41, 5.74) is 0.776. The monoisotopic (exact) mass is 496 g/mol. The van der Waals surface area contributed by atoms with Crippen LogP contribution in [0.15, 0.2) is 30.3 Å². The topological polar surface area (TPSA) is 121 Å². The van der Waals surface area contributed by atoms with E-state index in [-0.39, 0.29) is 12.0 Å². The van der Waals surface area contributed by atoms with Crippen molar-refractivity contribution in [2.75, 3.05) is 31.1 Å². The first-order valence-corrected chi connectivity index (χ1v) is 12.7. The third-order valence-corrected chi connectivity index (χ3v) is 6.95. The molecule has 36 heavy (non-hydrogen) atoms. The molecule has 2 aromatic rings. The second-order valence-corrected chi connectivity index (χ2v) is 11.0. The molecule has 1 aliphatic heterocycles. The van der Waals surface area contributed by atoms with Gasteiger partial charge in [0.1, 0.15) is 11.4 Å². The lowest BCUT2D eigenvalue weighted by atomic mass is 9.82. The summed E-state index contributed by atoms with van der Waals surface area (Å²) >= 11 is 0. The Hall–Kier alpha value is -3.36. The van der Waals surface area contributed by atoms with Gasteiger partial charge in [0.15, 0.2) is 0 Å². The molecule has 0 unspecified atom stereocenters. The van der Waals surface area contributed by atoms with Crippen LogP contribution in [-0.2, 0) is 9.53 Å². The molecule has 0 atom stereocenters. The second-order valence-electron chi connectivity index (χ2n) is 11.0. The zero-order valence-electron chi connectivity index (χ0n) is 21.3. The number of benzene rings is 1. The molecule has 1 aromatic heterocycles. The second kappa shape index (κ2) is 10.7. The van der Waals surface area contributed by atoms with Gasteiger partial charge in [-0.3, -0.25) is 9.59 Å². The molecular weight excluding hydrogens is 460 g/mol. The number of alkyl carbamates (subject to hydrolysis) is 1. The lowest BCUT2D eigenvalue weighted by Crippen LogP contribution is -2.50. The Labute approximate surface area is 211 Å². The number of fused-ring (bicyclic) bond motifs is 1. The van der Waals surface area contributed by atoms with Crippen molar-refractivity contribution in [2.24, 2.45) is 17.8 Å². The first kappa shape index (κ1) is 25.7. The Kier molecular flexibility index (Phi) is 7.66. The minimum absolute atomic E-state index is 0.140. The Bertz CT molecular complexity index is 1110. The summed E-state index contributed by atoms with van der Waals surface area (Å²) in [5.74, 6) is 0.104. The van der Waals surface area contributed by atoms with E-state index in [0.29, 0.717) is 49.4 Å². The van der Waals surface area contributed by atoms with Crippen molar-refractivity contribution in [2.45, 2.75) is 52.1 Å². The quantitative estimate of drug-likeness (QED) is 0.533. The summed E-state index contributed by atoms with van der Waals surface area (Å²) in [6.07, 6.45) is 3.61. The number of aromatic nitrogens is 1. The number of carbonyl (C=O) groups is 3. The molecule has 1 aliphatic carbocycles. The number of ether oxygens (including phenoxy) is 1. The van der Waals surface area contributed by atoms with Crippen LogP contribution in [0, 0.1) is 17.8 Å². The molecule has 3 N–H and O–H groups in total. The fourth-order valence-corrected chi connectivity index (χ4v) is 4.85. The summed E-state index contributed by atoms with van der Waals surface area (Å²) in [6, 6.07) is 9.30. The molecule has 1 saturated carbocycles. The van der Waals surface area contributed by atoms with Crippen molar-refractivity contribution in [1.82, 2.24) is 15.6 Å². The Morgan fingerprint density at radius 1 is 1.03 bits per heavy atom. The van der Waals surface area contributed by atoms with Crippen molar-refractivity contribution < 1.29 is 24.2 Å². The number of aliphatic carboxylic acids is 1. The average molecular weight is 497 g/mol. The summed E-state index contributed by atoms with van der Waals surface area (Å²) in [6.45, 7) is 7.55. The zero-order chi connectivity index (χ0) is 25.9. The van der Waals surface area contributed by atoms with E-state index in [0.717, 1.165) is 36.6 Å². The van der Waals surface area contributed by atoms with Crippen LogP contribution in [0.25, 0.3) is 10.9 Å². The number of nitrogens with zero attached hydrogens (tertiary/aromatic N) is 2. The Balaban J connectivity index is 1.30. The maximum atomic E-state index is 13.2. The third-order valence-electron chi connectivity index (χ3n) is 6.95. The molecule has 9 nitrogen and oxygen atoms in total. The van der Waals surface area contributed by atoms with Crippen LogP contribution in [0.5, 0.6) is 0 Å². The largest absolute Gasteiger partial charge is 0.481 e. The minimum atomic E-state index is -0.805. The van der Waals surface area contributed by atoms with E-state index in [9.17, 15) is 19.5 Å². The average Bonchev–Trinajstić information content (AvgIpc) is 2.79. The highest BCUT2D eigenvalue weighted by atomic mass is 16.6. The number of amides is 2. The van der Waals surface area contributed by atoms with Crippen molar-refractivity contribution in [3.05, 3.63) is 35.9 Å². The van der Waals surface area contributed by atoms with Gasteiger partial charge in [0.05, 0.1) is 17.0 Å². The molecule has 9 heteroatoms. The molecule has 2 fully saturated rings. The van der Waals surface area contributed by atoms with Crippen LogP contribution in [0.3, 0.4) is 0 Å². The Morgan fingerprint density at radius 2 is 1.64 bits per heavy atom. The number of nitrogens with one attached hydrogen (secondary N) is 2. The van der Waals surface area contributed by atoms with Crippen molar-refractivity contribution in [3.63, 3.8) is 0 Å². The van der Waals surface area contributed by atoms with E-state index in [1.807, 2.05) is 49.9 Å². The molecule has 194 valence electrons. The van der Waals surface area contributed by atoms with Crippen LogP contribution in [-0.4, -0.2) is 59.8 Å². The van der Waals surface area contributed by atoms with E-state index in [2.05, 4.69) is 15.6 Å². The predicted octanol–water partition coefficient (Wildman–Crippen LogP) is 3.82. The van der Waals surface area contributed by atoms with E-state index in [4.69, 9.17) is 4.74 Å². The lowest BCUT2D eigenvalue weighted by Gasteiger charge is -2.37. The Morgan fingerprint density at radius 3 is 2.25 bits per heavy atom. The van der Waals surface area contributed by atoms with Crippen molar-refractivity contribution >= 4 is 34.7 Å². The van der Waals surface area contributed by atoms with Gasteiger partial charge in [-0.2, -0.15) is 0 Å². The normalized spacial score (nSPS) is 20.5. The first-order chi connectivity index (χ1) is 17.1. The number of rotatable bonds is 7. The summed E-state index contributed by atoms with van der Waals surface area (Å²) in [5, 5.41) is 15.9. The number of pyridine rings is 1. The maximum Gasteiger partial charge on any atom is 0.407 e. The number of hydrogen-bond donors (Lipinski definition) is 3. The zero-order valence-corrected chi connectivity index (χ0v) is 21.3. The summed E-state index contributed by atoms with van der Waals surface area (Å²) in [7, 11) is 0. The number of carbonyl (C=O) groups excluding carboxylic acids is 2. The lowest BCUT2D eigenvalue weighted by molar-refractivity contribution is -0.142. The van der Waals surface area contributed by atoms with Crippen LogP contribution in [0.1, 0.15) is 56.8 Å². The number of hydrogen-bond acceptors (Lipinski definition) is 6. The third kappa shape index (κ3) is 6.44. The maximum absolute atomic E-state index is 13.2. The summed E-state index contributed by atoms with van der Waals surface area (Å²) < 4.78 is 5.31. The molecule has 2 amide bonds. The predicted molar refractivity (Wildman–Crippen MR) is 137 cm³/mol. The van der Waals surface area contributed by atoms with Gasteiger partial charge >= 0.3 is 12.1 Å². The number of para-hydroxylation sites is 1. The smallest absolute Gasteiger partial charge is 0.407 e. The van der Waals surface area contributed by atoms with E-state index in [1.165, 1.54) is 0 Å². The highest BCUT2D eigenvalue weighted by Gasteiger charge is 2.34. The van der Waals surface area contributed by atoms with Gasteiger partial charge in [-0.25, -0.2) is 9.78 Å². The standard InChI is InChI=1S/C27H36N4O5/c1-27(2,3)36-26(35)29-14-18-10-8-17(9-11-18)13-28-24(32)21-12-23(31-15-19(16-31)25(33)34)30-22-7-5-4-6-20(21)22/h4-7,12,17-19H,8-11,13-16H2,1-3H3,(H,28,32)(H,29,35)(H,33,34)/t17-,18-. The van der Waals surface area contributed by atoms with Gasteiger partial charge in [0.2, 0.25) is 0 Å². The van der Waals surface area contributed by atoms with Crippen LogP contribution < -0.4 is 15.5 Å². The number of carboxylic acid groups (broad SMARTS) is 1. The number of carboxylic acids is 1. The minimum Gasteiger partial charge on any atom is -0.481 e. The van der Waals surface area contributed by atoms with E-state index < -0.39 is 17.5 Å². The molecule has 4 rings (SSSR count). The van der Waals surface area contributed by atoms with Crippen LogP contribution in [0.2, 0.25) is 0 Å². The van der Waals surface area contributed by atoms with Crippen LogP contribution in [0.4, 0.5) is 10.6 Å². The van der Waals surface area contributed by atoms with Gasteiger partial charge < -0.3 is 25.4 Å². The van der Waals surface area contributed by atoms with Crippen molar-refractivity contribution in [3.8, 4) is 0 Å². The molecule has 0 spiro atoms. The fraction of sp³-hybridized carbons (Fsp3) is 0.556. The molecule has 1 aromatic carbocycles. The molecule has 2 heterocycles. The molecule has 0 bridgehead atoms. The van der Waals surface area contributed by atoms with Gasteiger partial charge in [-0.15, -0.1) is 0 Å². The van der Waals surface area contributed by atoms with Crippen molar-refractivity contribution in [1.29, 1.82) is 0 Å². The van der Waals surface area contributed by atoms with Gasteiger partial charge in [0.25, 0.3) is 5.91 Å². The molecule has 2 aliphatic rings. The number of anilines is 1. The van der Waals surface area contributed by atoms with E-state index >= 15 is 0 Å². The van der Waals surface area contributed by atoms with Gasteiger partial charge in [0, 0.05) is 31.6 Å². The highest BCUT2D eigenvalue weighted by Crippen LogP contribution is 2.30. The molecule has 1 saturated heterocycles. The fourth-order valence-electron chi connectivity index (χ4n) is 4.85. The summed E-state index contributed by atoms with van der Waals surface area (Å²) in [4.78, 5) is 42.8. The van der Waals surface area contributed by atoms with Crippen LogP contribution >= 0.6 is 0 Å². The SMILES string of the molecule is CC(C)(C)OC(=O)NC[C@H]1CC[C@H](CNC(=O)c2cc(N3CC(C(=O)O)C3)nc3ccccc23)CC1. The van der Waals surface area contributed by atoms with Gasteiger partial charge in [-0.1, -0.05) is 18.2 Å².